The van der Waals surface area contributed by atoms with Crippen LogP contribution < -0.4 is 21.1 Å². The van der Waals surface area contributed by atoms with E-state index in [2.05, 4.69) is 45.6 Å². The zero-order valence-electron chi connectivity index (χ0n) is 19.3. The molecule has 0 atom stereocenters. The first-order valence-corrected chi connectivity index (χ1v) is 11.2. The number of piperidine rings is 1. The van der Waals surface area contributed by atoms with Gasteiger partial charge in [0.25, 0.3) is 0 Å². The Morgan fingerprint density at radius 2 is 2.00 bits per heavy atom. The second kappa shape index (κ2) is 13.9. The molecule has 0 aliphatic carbocycles. The van der Waals surface area contributed by atoms with Gasteiger partial charge in [-0.3, -0.25) is 9.79 Å². The molecule has 2 rings (SSSR count). The quantitative estimate of drug-likeness (QED) is 0.263. The Labute approximate surface area is 186 Å². The zero-order chi connectivity index (χ0) is 22.5. The second-order valence-electron chi connectivity index (χ2n) is 8.03. The molecule has 8 heteroatoms. The third-order valence-corrected chi connectivity index (χ3v) is 5.62. The highest BCUT2D eigenvalue weighted by atomic mass is 16.5. The summed E-state index contributed by atoms with van der Waals surface area (Å²) >= 11 is 0. The van der Waals surface area contributed by atoms with Crippen molar-refractivity contribution < 1.29 is 14.3 Å². The van der Waals surface area contributed by atoms with E-state index in [1.807, 2.05) is 0 Å². The number of benzene rings is 1. The lowest BCUT2D eigenvalue weighted by Gasteiger charge is -2.30. The van der Waals surface area contributed by atoms with Crippen molar-refractivity contribution >= 4 is 11.9 Å². The summed E-state index contributed by atoms with van der Waals surface area (Å²) in [4.78, 5) is 18.0. The number of aryl methyl sites for hydroxylation is 1. The fourth-order valence-corrected chi connectivity index (χ4v) is 3.68. The van der Waals surface area contributed by atoms with Crippen LogP contribution in [0, 0.1) is 12.8 Å². The lowest BCUT2D eigenvalue weighted by Crippen LogP contribution is -2.39. The molecule has 1 aliphatic heterocycles. The highest BCUT2D eigenvalue weighted by Gasteiger charge is 2.22. The Bertz CT molecular complexity index is 702. The number of aliphatic imine (C=N–C) groups is 1. The summed E-state index contributed by atoms with van der Waals surface area (Å²) in [6, 6.07) is 6.22. The van der Waals surface area contributed by atoms with Crippen LogP contribution in [0.5, 0.6) is 5.75 Å². The zero-order valence-corrected chi connectivity index (χ0v) is 19.3. The number of hydrogen-bond donors (Lipinski definition) is 3. The molecule has 8 nitrogen and oxygen atoms in total. The number of nitrogens with two attached hydrogens (primary N) is 1. The number of ether oxygens (including phenoxy) is 2. The molecule has 174 valence electrons. The van der Waals surface area contributed by atoms with Gasteiger partial charge in [0, 0.05) is 38.7 Å². The van der Waals surface area contributed by atoms with Gasteiger partial charge in [-0.25, -0.2) is 0 Å². The molecule has 1 saturated heterocycles. The summed E-state index contributed by atoms with van der Waals surface area (Å²) in [6.45, 7) is 7.64. The van der Waals surface area contributed by atoms with E-state index in [1.54, 1.807) is 14.2 Å². The molecule has 0 saturated carbocycles. The average molecular weight is 434 g/mol. The minimum Gasteiger partial charge on any atom is -0.491 e. The third-order valence-electron chi connectivity index (χ3n) is 5.62. The van der Waals surface area contributed by atoms with Crippen LogP contribution in [0.4, 0.5) is 0 Å². The van der Waals surface area contributed by atoms with E-state index >= 15 is 0 Å². The topological polar surface area (TPSA) is 101 Å². The number of carbonyl (C=O) groups is 1. The Hall–Kier alpha value is -2.32. The van der Waals surface area contributed by atoms with Gasteiger partial charge in [0.1, 0.15) is 12.4 Å². The number of nitrogens with one attached hydrogen (secondary N) is 2. The van der Waals surface area contributed by atoms with Crippen LogP contribution in [0.1, 0.15) is 36.8 Å². The van der Waals surface area contributed by atoms with E-state index in [-0.39, 0.29) is 11.8 Å². The van der Waals surface area contributed by atoms with Crippen LogP contribution in [0.15, 0.2) is 23.2 Å². The summed E-state index contributed by atoms with van der Waals surface area (Å²) in [6.07, 6.45) is 3.95. The van der Waals surface area contributed by atoms with Crippen LogP contribution in [0.25, 0.3) is 0 Å². The number of guanidine groups is 1. The summed E-state index contributed by atoms with van der Waals surface area (Å²) < 4.78 is 10.9. The molecular weight excluding hydrogens is 394 g/mol. The van der Waals surface area contributed by atoms with E-state index in [1.165, 1.54) is 0 Å². The number of methoxy groups -OCH3 is 1. The number of likely N-dealkylation sites (tertiary alicyclic amines) is 1. The van der Waals surface area contributed by atoms with Crippen molar-refractivity contribution in [2.45, 2.75) is 39.2 Å². The number of carbonyl (C=O) groups excluding carboxylic acids is 1. The molecule has 1 heterocycles. The molecule has 1 aliphatic rings. The van der Waals surface area contributed by atoms with E-state index in [4.69, 9.17) is 15.2 Å². The van der Waals surface area contributed by atoms with Crippen molar-refractivity contribution in [1.82, 2.24) is 15.5 Å². The SMILES string of the molecule is CN=C(NCCCCN1CCC(C(N)=O)CC1)NCc1ccc(C)cc1OCCOC. The van der Waals surface area contributed by atoms with Gasteiger partial charge >= 0.3 is 0 Å². The molecule has 0 unspecified atom stereocenters. The first-order valence-electron chi connectivity index (χ1n) is 11.2. The predicted molar refractivity (Wildman–Crippen MR) is 124 cm³/mol. The number of amides is 1. The number of rotatable bonds is 12. The van der Waals surface area contributed by atoms with Gasteiger partial charge in [0.05, 0.1) is 6.61 Å². The number of unbranched alkanes of at least 4 members (excludes halogenated alkanes) is 1. The Morgan fingerprint density at radius 1 is 1.23 bits per heavy atom. The van der Waals surface area contributed by atoms with E-state index < -0.39 is 0 Å². The van der Waals surface area contributed by atoms with Crippen LogP contribution in [0.2, 0.25) is 0 Å². The van der Waals surface area contributed by atoms with E-state index in [0.29, 0.717) is 19.8 Å². The van der Waals surface area contributed by atoms with E-state index in [0.717, 1.165) is 74.7 Å². The molecule has 4 N–H and O–H groups in total. The molecule has 0 aromatic heterocycles. The fourth-order valence-electron chi connectivity index (χ4n) is 3.68. The largest absolute Gasteiger partial charge is 0.491 e. The molecule has 0 radical (unpaired) electrons. The highest BCUT2D eigenvalue weighted by Crippen LogP contribution is 2.20. The molecule has 1 aromatic rings. The third kappa shape index (κ3) is 9.14. The van der Waals surface area contributed by atoms with Crippen molar-refractivity contribution in [1.29, 1.82) is 0 Å². The minimum absolute atomic E-state index is 0.0618. The van der Waals surface area contributed by atoms with Crippen molar-refractivity contribution in [2.75, 3.05) is 53.6 Å². The first-order chi connectivity index (χ1) is 15.0. The van der Waals surface area contributed by atoms with Crippen molar-refractivity contribution in [3.05, 3.63) is 29.3 Å². The molecule has 31 heavy (non-hydrogen) atoms. The Morgan fingerprint density at radius 3 is 2.68 bits per heavy atom. The van der Waals surface area contributed by atoms with Crippen LogP contribution in [0.3, 0.4) is 0 Å². The Kier molecular flexibility index (Phi) is 11.2. The molecule has 1 aromatic carbocycles. The number of nitrogens with zero attached hydrogens (tertiary/aromatic N) is 2. The van der Waals surface area contributed by atoms with Crippen molar-refractivity contribution in [3.8, 4) is 5.75 Å². The fraction of sp³-hybridized carbons (Fsp3) is 0.652. The van der Waals surface area contributed by atoms with Gasteiger partial charge in [-0.1, -0.05) is 12.1 Å². The minimum atomic E-state index is -0.151. The van der Waals surface area contributed by atoms with Gasteiger partial charge in [0.15, 0.2) is 5.96 Å². The molecule has 1 amide bonds. The first kappa shape index (κ1) is 24.9. The molecule has 0 spiro atoms. The second-order valence-corrected chi connectivity index (χ2v) is 8.03. The van der Waals surface area contributed by atoms with Crippen LogP contribution in [-0.2, 0) is 16.1 Å². The van der Waals surface area contributed by atoms with Gasteiger partial charge in [-0.05, 0) is 63.9 Å². The van der Waals surface area contributed by atoms with Gasteiger partial charge in [-0.2, -0.15) is 0 Å². The predicted octanol–water partition coefficient (Wildman–Crippen LogP) is 1.66. The van der Waals surface area contributed by atoms with Gasteiger partial charge in [-0.15, -0.1) is 0 Å². The molecule has 1 fully saturated rings. The summed E-state index contributed by atoms with van der Waals surface area (Å²) in [5.41, 5.74) is 7.65. The summed E-state index contributed by atoms with van der Waals surface area (Å²) in [5, 5.41) is 6.75. The normalized spacial score (nSPS) is 15.6. The monoisotopic (exact) mass is 433 g/mol. The highest BCUT2D eigenvalue weighted by molar-refractivity contribution is 5.79. The molecule has 0 bridgehead atoms. The lowest BCUT2D eigenvalue weighted by atomic mass is 9.96. The lowest BCUT2D eigenvalue weighted by molar-refractivity contribution is -0.123. The van der Waals surface area contributed by atoms with Crippen LogP contribution >= 0.6 is 0 Å². The average Bonchev–Trinajstić information content (AvgIpc) is 2.77. The van der Waals surface area contributed by atoms with Gasteiger partial charge in [0.2, 0.25) is 5.91 Å². The summed E-state index contributed by atoms with van der Waals surface area (Å²) in [5.74, 6) is 1.57. The maximum Gasteiger partial charge on any atom is 0.220 e. The number of primary amides is 1. The maximum atomic E-state index is 11.3. The van der Waals surface area contributed by atoms with E-state index in [9.17, 15) is 4.79 Å². The molecular formula is C23H39N5O3. The standard InChI is InChI=1S/C23H39N5O3/c1-18-6-7-20(21(16-18)31-15-14-30-3)17-27-23(25-2)26-10-4-5-11-28-12-8-19(9-13-28)22(24)29/h6-7,16,19H,4-5,8-15,17H2,1-3H3,(H2,24,29)(H2,25,26,27). The summed E-state index contributed by atoms with van der Waals surface area (Å²) in [7, 11) is 3.45. The smallest absolute Gasteiger partial charge is 0.220 e. The number of hydrogen-bond acceptors (Lipinski definition) is 5. The van der Waals surface area contributed by atoms with Crippen LogP contribution in [-0.4, -0.2) is 70.3 Å². The maximum absolute atomic E-state index is 11.3. The Balaban J connectivity index is 1.66. The van der Waals surface area contributed by atoms with Crippen molar-refractivity contribution in [2.24, 2.45) is 16.6 Å². The van der Waals surface area contributed by atoms with Crippen molar-refractivity contribution in [3.63, 3.8) is 0 Å². The van der Waals surface area contributed by atoms with Gasteiger partial charge < -0.3 is 30.7 Å².